The number of likely N-dealkylation sites (tertiary alicyclic amines) is 1. The summed E-state index contributed by atoms with van der Waals surface area (Å²) in [5, 5.41) is 9.52. The Kier molecular flexibility index (Phi) is 8.21. The van der Waals surface area contributed by atoms with Crippen LogP contribution in [0, 0.1) is 5.92 Å². The predicted octanol–water partition coefficient (Wildman–Crippen LogP) is 2.44. The van der Waals surface area contributed by atoms with Crippen molar-refractivity contribution in [1.82, 2.24) is 14.7 Å². The molecule has 0 aromatic carbocycles. The van der Waals surface area contributed by atoms with E-state index in [9.17, 15) is 5.11 Å². The molecule has 0 aromatic heterocycles. The Hall–Kier alpha value is -0.420. The van der Waals surface area contributed by atoms with Crippen LogP contribution in [0.15, 0.2) is 12.2 Å². The van der Waals surface area contributed by atoms with E-state index in [1.54, 1.807) is 0 Å². The summed E-state index contributed by atoms with van der Waals surface area (Å²) in [6.45, 7) is 16.3. The first-order chi connectivity index (χ1) is 11.5. The molecule has 2 heterocycles. The summed E-state index contributed by atoms with van der Waals surface area (Å²) in [7, 11) is 0. The molecule has 4 heteroatoms. The predicted molar refractivity (Wildman–Crippen MR) is 102 cm³/mol. The number of aliphatic hydroxyl groups is 1. The lowest BCUT2D eigenvalue weighted by atomic mass is 9.97. The van der Waals surface area contributed by atoms with E-state index in [4.69, 9.17) is 0 Å². The summed E-state index contributed by atoms with van der Waals surface area (Å²) >= 11 is 0. The Balaban J connectivity index is 1.87. The van der Waals surface area contributed by atoms with Crippen molar-refractivity contribution in [3.63, 3.8) is 0 Å². The van der Waals surface area contributed by atoms with Crippen LogP contribution in [-0.4, -0.2) is 83.8 Å². The fraction of sp³-hybridized carbons (Fsp3) is 0.900. The van der Waals surface area contributed by atoms with Crippen molar-refractivity contribution in [2.45, 2.75) is 65.1 Å². The lowest BCUT2D eigenvalue weighted by Gasteiger charge is -2.48. The molecule has 4 nitrogen and oxygen atoms in total. The van der Waals surface area contributed by atoms with Gasteiger partial charge in [0.05, 0.1) is 0 Å². The number of hydrogen-bond donors (Lipinski definition) is 1. The number of piperidine rings is 1. The van der Waals surface area contributed by atoms with Gasteiger partial charge in [-0.05, 0) is 52.1 Å². The van der Waals surface area contributed by atoms with Crippen molar-refractivity contribution in [1.29, 1.82) is 0 Å². The number of allylic oxidation sites excluding steroid dienone is 1. The van der Waals surface area contributed by atoms with Crippen molar-refractivity contribution in [3.05, 3.63) is 12.2 Å². The van der Waals surface area contributed by atoms with Gasteiger partial charge in [-0.25, -0.2) is 0 Å². The smallest absolute Gasteiger partial charge is 0.0446 e. The highest BCUT2D eigenvalue weighted by molar-refractivity contribution is 4.93. The van der Waals surface area contributed by atoms with E-state index in [-0.39, 0.29) is 0 Å². The third-order valence-corrected chi connectivity index (χ3v) is 5.66. The molecule has 0 aliphatic carbocycles. The maximum absolute atomic E-state index is 9.52. The molecular weight excluding hydrogens is 298 g/mol. The number of hydrogen-bond acceptors (Lipinski definition) is 4. The van der Waals surface area contributed by atoms with Crippen LogP contribution in [0.2, 0.25) is 0 Å². The quantitative estimate of drug-likeness (QED) is 0.723. The SMILES string of the molecule is CC(C)/C=C/CN1CCN(C2CCN(C(C)C)CC2)[C@H](CCO)C1. The van der Waals surface area contributed by atoms with Gasteiger partial charge in [0.1, 0.15) is 0 Å². The van der Waals surface area contributed by atoms with Gasteiger partial charge in [0.25, 0.3) is 0 Å². The zero-order valence-electron chi connectivity index (χ0n) is 16.3. The van der Waals surface area contributed by atoms with Crippen LogP contribution >= 0.6 is 0 Å². The van der Waals surface area contributed by atoms with E-state index < -0.39 is 0 Å². The van der Waals surface area contributed by atoms with Gasteiger partial charge in [0, 0.05) is 50.9 Å². The maximum Gasteiger partial charge on any atom is 0.0446 e. The Labute approximate surface area is 149 Å². The van der Waals surface area contributed by atoms with Gasteiger partial charge in [0.15, 0.2) is 0 Å². The third kappa shape index (κ3) is 5.83. The van der Waals surface area contributed by atoms with Gasteiger partial charge in [-0.15, -0.1) is 0 Å². The van der Waals surface area contributed by atoms with Gasteiger partial charge in [0.2, 0.25) is 0 Å². The highest BCUT2D eigenvalue weighted by Gasteiger charge is 2.33. The second-order valence-electron chi connectivity index (χ2n) is 8.20. The van der Waals surface area contributed by atoms with Crippen LogP contribution in [-0.2, 0) is 0 Å². The van der Waals surface area contributed by atoms with Crippen LogP contribution < -0.4 is 0 Å². The van der Waals surface area contributed by atoms with Gasteiger partial charge in [-0.2, -0.15) is 0 Å². The maximum atomic E-state index is 9.52. The Morgan fingerprint density at radius 1 is 1.04 bits per heavy atom. The molecule has 0 aromatic rings. The molecule has 140 valence electrons. The molecule has 2 aliphatic rings. The average molecular weight is 338 g/mol. The number of rotatable bonds is 7. The molecule has 0 radical (unpaired) electrons. The molecule has 2 fully saturated rings. The molecule has 2 saturated heterocycles. The highest BCUT2D eigenvalue weighted by Crippen LogP contribution is 2.24. The number of aliphatic hydroxyl groups excluding tert-OH is 1. The standard InChI is InChI=1S/C20H39N3O/c1-17(2)6-5-10-21-13-14-23(20(16-21)9-15-24)19-7-11-22(12-8-19)18(3)4/h5-6,17-20,24H,7-16H2,1-4H3/b6-5+/t20-/m1/s1. The number of nitrogens with zero attached hydrogens (tertiary/aromatic N) is 3. The van der Waals surface area contributed by atoms with Crippen molar-refractivity contribution in [2.24, 2.45) is 5.92 Å². The first kappa shape index (κ1) is 19.9. The third-order valence-electron chi connectivity index (χ3n) is 5.66. The van der Waals surface area contributed by atoms with Crippen LogP contribution in [0.1, 0.15) is 47.0 Å². The summed E-state index contributed by atoms with van der Waals surface area (Å²) in [5.74, 6) is 0.630. The summed E-state index contributed by atoms with van der Waals surface area (Å²) in [5.41, 5.74) is 0. The summed E-state index contributed by atoms with van der Waals surface area (Å²) < 4.78 is 0. The fourth-order valence-electron chi connectivity index (χ4n) is 4.20. The minimum atomic E-state index is 0.307. The molecule has 0 saturated carbocycles. The topological polar surface area (TPSA) is 30.0 Å². The van der Waals surface area contributed by atoms with Crippen molar-refractivity contribution < 1.29 is 5.11 Å². The van der Waals surface area contributed by atoms with Crippen LogP contribution in [0.25, 0.3) is 0 Å². The number of piperazine rings is 1. The minimum Gasteiger partial charge on any atom is -0.396 e. The second kappa shape index (κ2) is 9.91. The van der Waals surface area contributed by atoms with E-state index in [0.717, 1.165) is 32.6 Å². The van der Waals surface area contributed by atoms with Crippen molar-refractivity contribution in [2.75, 3.05) is 45.9 Å². The van der Waals surface area contributed by atoms with Crippen molar-refractivity contribution >= 4 is 0 Å². The Bertz CT molecular complexity index is 375. The van der Waals surface area contributed by atoms with Crippen LogP contribution in [0.3, 0.4) is 0 Å². The molecule has 0 amide bonds. The van der Waals surface area contributed by atoms with Gasteiger partial charge in [-0.1, -0.05) is 26.0 Å². The average Bonchev–Trinajstić information content (AvgIpc) is 2.55. The first-order valence-corrected chi connectivity index (χ1v) is 10.0. The highest BCUT2D eigenvalue weighted by atomic mass is 16.3. The minimum absolute atomic E-state index is 0.307. The molecule has 0 unspecified atom stereocenters. The van der Waals surface area contributed by atoms with E-state index in [2.05, 4.69) is 54.5 Å². The monoisotopic (exact) mass is 337 g/mol. The van der Waals surface area contributed by atoms with Crippen LogP contribution in [0.5, 0.6) is 0 Å². The summed E-state index contributed by atoms with van der Waals surface area (Å²) in [4.78, 5) is 7.88. The van der Waals surface area contributed by atoms with E-state index in [1.165, 1.54) is 25.9 Å². The zero-order valence-corrected chi connectivity index (χ0v) is 16.3. The van der Waals surface area contributed by atoms with E-state index in [1.807, 2.05) is 0 Å². The summed E-state index contributed by atoms with van der Waals surface area (Å²) in [6.07, 6.45) is 8.10. The largest absolute Gasteiger partial charge is 0.396 e. The molecular formula is C20H39N3O. The molecule has 0 spiro atoms. The normalized spacial score (nSPS) is 26.2. The molecule has 2 aliphatic heterocycles. The fourth-order valence-corrected chi connectivity index (χ4v) is 4.20. The van der Waals surface area contributed by atoms with Crippen LogP contribution in [0.4, 0.5) is 0 Å². The molecule has 24 heavy (non-hydrogen) atoms. The summed E-state index contributed by atoms with van der Waals surface area (Å²) in [6, 6.07) is 1.90. The zero-order chi connectivity index (χ0) is 17.5. The lowest BCUT2D eigenvalue weighted by molar-refractivity contribution is 0.00546. The second-order valence-corrected chi connectivity index (χ2v) is 8.20. The van der Waals surface area contributed by atoms with E-state index in [0.29, 0.717) is 30.7 Å². The molecule has 1 atom stereocenters. The lowest BCUT2D eigenvalue weighted by Crippen LogP contribution is -2.58. The molecule has 1 N–H and O–H groups in total. The molecule has 0 bridgehead atoms. The van der Waals surface area contributed by atoms with Gasteiger partial charge in [-0.3, -0.25) is 9.80 Å². The van der Waals surface area contributed by atoms with Gasteiger partial charge >= 0.3 is 0 Å². The Morgan fingerprint density at radius 3 is 2.33 bits per heavy atom. The van der Waals surface area contributed by atoms with E-state index >= 15 is 0 Å². The van der Waals surface area contributed by atoms with Crippen molar-refractivity contribution in [3.8, 4) is 0 Å². The Morgan fingerprint density at radius 2 is 1.75 bits per heavy atom. The first-order valence-electron chi connectivity index (χ1n) is 10.0. The van der Waals surface area contributed by atoms with Gasteiger partial charge < -0.3 is 10.0 Å². The molecule has 2 rings (SSSR count).